The lowest BCUT2D eigenvalue weighted by Gasteiger charge is -2.25. The van der Waals surface area contributed by atoms with Gasteiger partial charge in [0, 0.05) is 11.0 Å². The third kappa shape index (κ3) is 4.59. The number of carbonyl (C=O) groups is 1. The van der Waals surface area contributed by atoms with Crippen LogP contribution < -0.4 is 5.32 Å². The molecule has 6 heteroatoms. The fourth-order valence-electron chi connectivity index (χ4n) is 2.27. The van der Waals surface area contributed by atoms with Crippen molar-refractivity contribution in [3.05, 3.63) is 69.7 Å². The highest BCUT2D eigenvalue weighted by Crippen LogP contribution is 2.20. The van der Waals surface area contributed by atoms with Crippen molar-refractivity contribution in [1.29, 1.82) is 0 Å². The first kappa shape index (κ1) is 17.6. The minimum Gasteiger partial charge on any atom is -0.350 e. The Morgan fingerprint density at radius 2 is 1.87 bits per heavy atom. The molecule has 0 unspecified atom stereocenters. The summed E-state index contributed by atoms with van der Waals surface area (Å²) in [5.74, 6) is -1.05. The van der Waals surface area contributed by atoms with Crippen LogP contribution in [0.15, 0.2) is 46.9 Å². The van der Waals surface area contributed by atoms with Crippen molar-refractivity contribution in [2.24, 2.45) is 0 Å². The maximum Gasteiger partial charge on any atom is 0.252 e. The molecule has 0 aromatic heterocycles. The number of hydrogen-bond acceptors (Lipinski definition) is 2. The second kappa shape index (κ2) is 7.66. The van der Waals surface area contributed by atoms with E-state index in [1.807, 2.05) is 25.1 Å². The van der Waals surface area contributed by atoms with Crippen molar-refractivity contribution in [2.75, 3.05) is 20.6 Å². The number of likely N-dealkylation sites (N-methyl/N-ethyl adjacent to an activating group) is 1. The number of hydrogen-bond donors (Lipinski definition) is 1. The van der Waals surface area contributed by atoms with E-state index in [1.165, 1.54) is 30.3 Å². The van der Waals surface area contributed by atoms with Gasteiger partial charge in [0.05, 0.1) is 11.6 Å². The highest BCUT2D eigenvalue weighted by atomic mass is 79.9. The monoisotopic (exact) mass is 382 g/mol. The molecule has 2 aromatic rings. The van der Waals surface area contributed by atoms with Crippen molar-refractivity contribution in [2.45, 2.75) is 6.04 Å². The quantitative estimate of drug-likeness (QED) is 0.853. The number of nitrogens with one attached hydrogen (secondary N) is 1. The maximum atomic E-state index is 13.4. The highest BCUT2D eigenvalue weighted by Gasteiger charge is 2.17. The lowest BCUT2D eigenvalue weighted by Crippen LogP contribution is -2.34. The molecule has 0 aliphatic carbocycles. The maximum absolute atomic E-state index is 13.4. The van der Waals surface area contributed by atoms with Gasteiger partial charge in [0.1, 0.15) is 11.6 Å². The number of nitrogens with zero attached hydrogens (tertiary/aromatic N) is 1. The van der Waals surface area contributed by atoms with Crippen LogP contribution in [0.5, 0.6) is 0 Å². The Kier molecular flexibility index (Phi) is 5.85. The molecule has 1 amide bonds. The molecular formula is C17H17BrF2N2O. The molecule has 3 nitrogen and oxygen atoms in total. The third-order valence-electron chi connectivity index (χ3n) is 3.49. The van der Waals surface area contributed by atoms with Crippen molar-refractivity contribution in [3.8, 4) is 0 Å². The second-order valence-corrected chi connectivity index (χ2v) is 6.22. The van der Waals surface area contributed by atoms with E-state index in [-0.39, 0.29) is 17.8 Å². The summed E-state index contributed by atoms with van der Waals surface area (Å²) in [5, 5.41) is 2.80. The average molecular weight is 383 g/mol. The molecular weight excluding hydrogens is 366 g/mol. The molecule has 0 aliphatic rings. The molecule has 1 atom stereocenters. The van der Waals surface area contributed by atoms with E-state index in [4.69, 9.17) is 0 Å². The zero-order valence-corrected chi connectivity index (χ0v) is 14.4. The molecule has 0 radical (unpaired) electrons. The van der Waals surface area contributed by atoms with Crippen LogP contribution in [0.4, 0.5) is 8.78 Å². The van der Waals surface area contributed by atoms with Crippen molar-refractivity contribution in [1.82, 2.24) is 10.2 Å². The first-order chi connectivity index (χ1) is 10.9. The molecule has 0 heterocycles. The van der Waals surface area contributed by atoms with Crippen LogP contribution in [0.25, 0.3) is 0 Å². The predicted molar refractivity (Wildman–Crippen MR) is 89.3 cm³/mol. The number of amides is 1. The topological polar surface area (TPSA) is 32.3 Å². The molecule has 0 saturated heterocycles. The molecule has 0 bridgehead atoms. The molecule has 0 aliphatic heterocycles. The van der Waals surface area contributed by atoms with E-state index in [9.17, 15) is 13.6 Å². The van der Waals surface area contributed by atoms with Gasteiger partial charge in [-0.3, -0.25) is 4.79 Å². The van der Waals surface area contributed by atoms with Crippen LogP contribution in [0.3, 0.4) is 0 Å². The van der Waals surface area contributed by atoms with Gasteiger partial charge in [-0.25, -0.2) is 8.78 Å². The van der Waals surface area contributed by atoms with Gasteiger partial charge in [0.25, 0.3) is 5.91 Å². The lowest BCUT2D eigenvalue weighted by atomic mass is 10.1. The van der Waals surface area contributed by atoms with Crippen LogP contribution in [0, 0.1) is 11.6 Å². The van der Waals surface area contributed by atoms with Gasteiger partial charge in [-0.15, -0.1) is 0 Å². The molecule has 23 heavy (non-hydrogen) atoms. The van der Waals surface area contributed by atoms with E-state index in [1.54, 1.807) is 6.07 Å². The van der Waals surface area contributed by atoms with E-state index < -0.39 is 5.82 Å². The Morgan fingerprint density at radius 3 is 2.48 bits per heavy atom. The molecule has 1 N–H and O–H groups in total. The van der Waals surface area contributed by atoms with Gasteiger partial charge in [-0.1, -0.05) is 12.1 Å². The van der Waals surface area contributed by atoms with E-state index in [2.05, 4.69) is 21.2 Å². The van der Waals surface area contributed by atoms with Crippen LogP contribution in [-0.4, -0.2) is 31.4 Å². The SMILES string of the molecule is CN(C)[C@@H](CNC(=O)c1ccc(F)cc1Br)c1cccc(F)c1. The first-order valence-electron chi connectivity index (χ1n) is 7.03. The summed E-state index contributed by atoms with van der Waals surface area (Å²) < 4.78 is 26.9. The van der Waals surface area contributed by atoms with Crippen molar-refractivity contribution >= 4 is 21.8 Å². The minimum atomic E-state index is -0.417. The standard InChI is InChI=1S/C17H17BrF2N2O/c1-22(2)16(11-4-3-5-12(19)8-11)10-21-17(23)14-7-6-13(20)9-15(14)18/h3-9,16H,10H2,1-2H3,(H,21,23)/t16-/m0/s1. The van der Waals surface area contributed by atoms with E-state index in [0.717, 1.165) is 5.56 Å². The molecule has 2 rings (SSSR count). The van der Waals surface area contributed by atoms with Crippen LogP contribution in [0.2, 0.25) is 0 Å². The molecule has 2 aromatic carbocycles. The first-order valence-corrected chi connectivity index (χ1v) is 7.83. The van der Waals surface area contributed by atoms with Gasteiger partial charge in [-0.05, 0) is 65.9 Å². The number of halogens is 3. The fraction of sp³-hybridized carbons (Fsp3) is 0.235. The summed E-state index contributed by atoms with van der Waals surface area (Å²) in [6, 6.07) is 10.00. The average Bonchev–Trinajstić information content (AvgIpc) is 2.47. The largest absolute Gasteiger partial charge is 0.350 e. The lowest BCUT2D eigenvalue weighted by molar-refractivity contribution is 0.0941. The molecule has 122 valence electrons. The van der Waals surface area contributed by atoms with Gasteiger partial charge in [0.2, 0.25) is 0 Å². The van der Waals surface area contributed by atoms with Crippen LogP contribution >= 0.6 is 15.9 Å². The Labute approximate surface area is 142 Å². The summed E-state index contributed by atoms with van der Waals surface area (Å²) in [6.45, 7) is 0.305. The normalized spacial score (nSPS) is 12.3. The number of rotatable bonds is 5. The number of benzene rings is 2. The zero-order chi connectivity index (χ0) is 17.0. The second-order valence-electron chi connectivity index (χ2n) is 5.37. The van der Waals surface area contributed by atoms with Crippen LogP contribution in [0.1, 0.15) is 22.0 Å². The smallest absolute Gasteiger partial charge is 0.252 e. The summed E-state index contributed by atoms with van der Waals surface area (Å²) >= 11 is 3.18. The molecule has 0 saturated carbocycles. The van der Waals surface area contributed by atoms with Crippen molar-refractivity contribution in [3.63, 3.8) is 0 Å². The summed E-state index contributed by atoms with van der Waals surface area (Å²) in [7, 11) is 3.71. The predicted octanol–water partition coefficient (Wildman–Crippen LogP) is 3.76. The Balaban J connectivity index is 2.11. The number of carbonyl (C=O) groups excluding carboxylic acids is 1. The Morgan fingerprint density at radius 1 is 1.17 bits per heavy atom. The Bertz CT molecular complexity index is 707. The third-order valence-corrected chi connectivity index (χ3v) is 4.14. The van der Waals surface area contributed by atoms with Gasteiger partial charge in [0.15, 0.2) is 0 Å². The minimum absolute atomic E-state index is 0.172. The van der Waals surface area contributed by atoms with Gasteiger partial charge < -0.3 is 10.2 Å². The van der Waals surface area contributed by atoms with Gasteiger partial charge in [-0.2, -0.15) is 0 Å². The Hall–Kier alpha value is -1.79. The zero-order valence-electron chi connectivity index (χ0n) is 12.8. The molecule has 0 fully saturated rings. The van der Waals surface area contributed by atoms with E-state index >= 15 is 0 Å². The summed E-state index contributed by atoms with van der Waals surface area (Å²) in [5.41, 5.74) is 1.12. The highest BCUT2D eigenvalue weighted by molar-refractivity contribution is 9.10. The van der Waals surface area contributed by atoms with Crippen molar-refractivity contribution < 1.29 is 13.6 Å². The molecule has 0 spiro atoms. The van der Waals surface area contributed by atoms with E-state index in [0.29, 0.717) is 16.6 Å². The van der Waals surface area contributed by atoms with Crippen LogP contribution in [-0.2, 0) is 0 Å². The summed E-state index contributed by atoms with van der Waals surface area (Å²) in [4.78, 5) is 14.1. The fourth-order valence-corrected chi connectivity index (χ4v) is 2.80. The van der Waals surface area contributed by atoms with Gasteiger partial charge >= 0.3 is 0 Å². The summed E-state index contributed by atoms with van der Waals surface area (Å²) in [6.07, 6.45) is 0.